The number of nitrogens with one attached hydrogen (secondary N) is 1. The largest absolute Gasteiger partial charge is 0.352 e. The Labute approximate surface area is 149 Å². The van der Waals surface area contributed by atoms with Crippen LogP contribution in [-0.2, 0) is 25.7 Å². The number of hydrogen-bond donors (Lipinski definition) is 1. The van der Waals surface area contributed by atoms with Gasteiger partial charge >= 0.3 is 0 Å². The average molecular weight is 335 g/mol. The molecule has 3 heterocycles. The van der Waals surface area contributed by atoms with E-state index >= 15 is 0 Å². The average Bonchev–Trinajstić information content (AvgIpc) is 3.16. The molecule has 0 unspecified atom stereocenters. The highest BCUT2D eigenvalue weighted by Crippen LogP contribution is 2.26. The van der Waals surface area contributed by atoms with E-state index in [9.17, 15) is 0 Å². The molecule has 5 heteroatoms. The van der Waals surface area contributed by atoms with Crippen molar-refractivity contribution in [2.24, 2.45) is 0 Å². The van der Waals surface area contributed by atoms with E-state index in [-0.39, 0.29) is 0 Å². The first-order valence-corrected chi connectivity index (χ1v) is 9.09. The molecule has 0 atom stereocenters. The van der Waals surface area contributed by atoms with E-state index in [1.165, 1.54) is 0 Å². The molecular weight excluding hydrogens is 310 g/mol. The Morgan fingerprint density at radius 3 is 1.48 bits per heavy atom. The normalized spacial score (nSPS) is 11.0. The maximum atomic E-state index is 4.79. The Kier molecular flexibility index (Phi) is 5.22. The summed E-state index contributed by atoms with van der Waals surface area (Å²) < 4.78 is 0. The monoisotopic (exact) mass is 335 g/mol. The molecule has 5 nitrogen and oxygen atoms in total. The van der Waals surface area contributed by atoms with Crippen LogP contribution in [0.4, 0.5) is 0 Å². The van der Waals surface area contributed by atoms with Gasteiger partial charge in [0.1, 0.15) is 11.4 Å². The van der Waals surface area contributed by atoms with Gasteiger partial charge in [-0.15, -0.1) is 0 Å². The number of hydrogen-bond acceptors (Lipinski definition) is 4. The molecule has 0 amide bonds. The Morgan fingerprint density at radius 2 is 1.12 bits per heavy atom. The van der Waals surface area contributed by atoms with Crippen LogP contribution in [0.15, 0.2) is 24.5 Å². The highest BCUT2D eigenvalue weighted by atomic mass is 14.9. The summed E-state index contributed by atoms with van der Waals surface area (Å²) in [6.45, 7) is 8.40. The van der Waals surface area contributed by atoms with Gasteiger partial charge in [0.05, 0.1) is 34.2 Å². The molecule has 0 aliphatic heterocycles. The van der Waals surface area contributed by atoms with E-state index in [1.807, 2.05) is 12.4 Å². The molecule has 0 aliphatic rings. The van der Waals surface area contributed by atoms with Gasteiger partial charge in [0.15, 0.2) is 0 Å². The van der Waals surface area contributed by atoms with Crippen LogP contribution in [0.1, 0.15) is 50.5 Å². The van der Waals surface area contributed by atoms with Gasteiger partial charge in [0, 0.05) is 12.4 Å². The van der Waals surface area contributed by atoms with Crippen molar-refractivity contribution in [3.8, 4) is 22.8 Å². The fraction of sp³-hybridized carbons (Fsp3) is 0.400. The molecule has 0 saturated heterocycles. The third kappa shape index (κ3) is 3.45. The summed E-state index contributed by atoms with van der Waals surface area (Å²) in [7, 11) is 0. The Balaban J connectivity index is 2.07. The lowest BCUT2D eigenvalue weighted by molar-refractivity contribution is 0.935. The SMILES string of the molecule is CCc1cnc(CC)c(-c2ccc(-c3nc(CC)cnc3CC)[nH]2)n1. The fourth-order valence-corrected chi connectivity index (χ4v) is 2.86. The minimum absolute atomic E-state index is 0.853. The predicted molar refractivity (Wildman–Crippen MR) is 100 cm³/mol. The molecule has 0 fully saturated rings. The van der Waals surface area contributed by atoms with Gasteiger partial charge < -0.3 is 4.98 Å². The first kappa shape index (κ1) is 17.3. The Bertz CT molecular complexity index is 796. The second-order valence-corrected chi connectivity index (χ2v) is 6.01. The van der Waals surface area contributed by atoms with Crippen LogP contribution in [0.25, 0.3) is 22.8 Å². The van der Waals surface area contributed by atoms with Gasteiger partial charge in [0.2, 0.25) is 0 Å². The molecule has 3 rings (SSSR count). The summed E-state index contributed by atoms with van der Waals surface area (Å²) in [5, 5.41) is 0. The lowest BCUT2D eigenvalue weighted by Crippen LogP contribution is -2.01. The van der Waals surface area contributed by atoms with Crippen LogP contribution in [0, 0.1) is 0 Å². The van der Waals surface area contributed by atoms with E-state index < -0.39 is 0 Å². The molecule has 3 aromatic heterocycles. The second kappa shape index (κ2) is 7.55. The van der Waals surface area contributed by atoms with Crippen LogP contribution in [0.5, 0.6) is 0 Å². The number of aromatic amines is 1. The summed E-state index contributed by atoms with van der Waals surface area (Å²) >= 11 is 0. The number of H-pyrrole nitrogens is 1. The van der Waals surface area contributed by atoms with Gasteiger partial charge in [-0.1, -0.05) is 27.7 Å². The Morgan fingerprint density at radius 1 is 0.680 bits per heavy atom. The molecule has 0 bridgehead atoms. The van der Waals surface area contributed by atoms with Crippen molar-refractivity contribution in [1.29, 1.82) is 0 Å². The van der Waals surface area contributed by atoms with Crippen LogP contribution >= 0.6 is 0 Å². The number of aromatic nitrogens is 5. The molecule has 0 aliphatic carbocycles. The zero-order chi connectivity index (χ0) is 17.8. The maximum Gasteiger partial charge on any atom is 0.108 e. The summed E-state index contributed by atoms with van der Waals surface area (Å²) in [4.78, 5) is 22.2. The van der Waals surface area contributed by atoms with Crippen LogP contribution in [0.2, 0.25) is 0 Å². The van der Waals surface area contributed by atoms with Gasteiger partial charge in [-0.05, 0) is 37.8 Å². The topological polar surface area (TPSA) is 67.3 Å². The molecule has 3 aromatic rings. The number of aryl methyl sites for hydroxylation is 4. The molecule has 0 radical (unpaired) electrons. The van der Waals surface area contributed by atoms with Crippen molar-refractivity contribution < 1.29 is 0 Å². The van der Waals surface area contributed by atoms with E-state index in [4.69, 9.17) is 9.97 Å². The zero-order valence-corrected chi connectivity index (χ0v) is 15.4. The summed E-state index contributed by atoms with van der Waals surface area (Å²) in [5.74, 6) is 0. The summed E-state index contributed by atoms with van der Waals surface area (Å²) in [6, 6.07) is 4.13. The number of rotatable bonds is 6. The van der Waals surface area contributed by atoms with Crippen LogP contribution in [-0.4, -0.2) is 24.9 Å². The molecule has 0 saturated carbocycles. The molecule has 0 spiro atoms. The predicted octanol–water partition coefficient (Wildman–Crippen LogP) is 4.18. The second-order valence-electron chi connectivity index (χ2n) is 6.01. The fourth-order valence-electron chi connectivity index (χ4n) is 2.86. The first-order valence-electron chi connectivity index (χ1n) is 9.09. The minimum Gasteiger partial charge on any atom is -0.352 e. The van der Waals surface area contributed by atoms with Crippen molar-refractivity contribution in [3.63, 3.8) is 0 Å². The van der Waals surface area contributed by atoms with E-state index in [0.29, 0.717) is 0 Å². The van der Waals surface area contributed by atoms with Crippen molar-refractivity contribution in [2.75, 3.05) is 0 Å². The number of nitrogens with zero attached hydrogens (tertiary/aromatic N) is 4. The summed E-state index contributed by atoms with van der Waals surface area (Å²) in [5.41, 5.74) is 7.87. The first-order chi connectivity index (χ1) is 12.2. The highest BCUT2D eigenvalue weighted by Gasteiger charge is 2.14. The molecule has 0 aromatic carbocycles. The smallest absolute Gasteiger partial charge is 0.108 e. The molecule has 1 N–H and O–H groups in total. The standard InChI is InChI=1S/C20H25N5/c1-5-13-11-21-15(7-3)19(23-13)17-9-10-18(25-17)20-16(8-4)22-12-14(6-2)24-20/h9-12,25H,5-8H2,1-4H3. The highest BCUT2D eigenvalue weighted by molar-refractivity contribution is 5.66. The van der Waals surface area contributed by atoms with Crippen LogP contribution in [0.3, 0.4) is 0 Å². The van der Waals surface area contributed by atoms with E-state index in [1.54, 1.807) is 0 Å². The Hall–Kier alpha value is -2.56. The van der Waals surface area contributed by atoms with Gasteiger partial charge in [-0.25, -0.2) is 9.97 Å². The van der Waals surface area contributed by atoms with Gasteiger partial charge in [0.25, 0.3) is 0 Å². The van der Waals surface area contributed by atoms with E-state index in [2.05, 4.69) is 54.8 Å². The van der Waals surface area contributed by atoms with Crippen LogP contribution < -0.4 is 0 Å². The van der Waals surface area contributed by atoms with Gasteiger partial charge in [-0.2, -0.15) is 0 Å². The van der Waals surface area contributed by atoms with E-state index in [0.717, 1.165) is 71.2 Å². The summed E-state index contributed by atoms with van der Waals surface area (Å²) in [6.07, 6.45) is 7.20. The third-order valence-corrected chi connectivity index (χ3v) is 4.39. The zero-order valence-electron chi connectivity index (χ0n) is 15.4. The lowest BCUT2D eigenvalue weighted by Gasteiger charge is -2.08. The lowest BCUT2D eigenvalue weighted by atomic mass is 10.2. The van der Waals surface area contributed by atoms with Crippen molar-refractivity contribution >= 4 is 0 Å². The van der Waals surface area contributed by atoms with Crippen molar-refractivity contribution in [1.82, 2.24) is 24.9 Å². The minimum atomic E-state index is 0.853. The third-order valence-electron chi connectivity index (χ3n) is 4.39. The molecule has 130 valence electrons. The van der Waals surface area contributed by atoms with Crippen molar-refractivity contribution in [3.05, 3.63) is 47.3 Å². The van der Waals surface area contributed by atoms with Gasteiger partial charge in [-0.3, -0.25) is 9.97 Å². The molecule has 25 heavy (non-hydrogen) atoms. The van der Waals surface area contributed by atoms with Crippen molar-refractivity contribution in [2.45, 2.75) is 53.4 Å². The quantitative estimate of drug-likeness (QED) is 0.734. The molecular formula is C20H25N5. The maximum absolute atomic E-state index is 4.79.